The van der Waals surface area contributed by atoms with Crippen LogP contribution in [0.1, 0.15) is 21.5 Å². The van der Waals surface area contributed by atoms with Crippen molar-refractivity contribution in [3.05, 3.63) is 96.9 Å². The van der Waals surface area contributed by atoms with E-state index >= 15 is 0 Å². The number of halogens is 2. The topological polar surface area (TPSA) is 67.9 Å². The van der Waals surface area contributed by atoms with Crippen LogP contribution in [0, 0.1) is 3.57 Å². The van der Waals surface area contributed by atoms with Crippen LogP contribution in [-0.4, -0.2) is 28.3 Å². The lowest BCUT2D eigenvalue weighted by molar-refractivity contribution is -0.123. The summed E-state index contributed by atoms with van der Waals surface area (Å²) in [4.78, 5) is 25.8. The number of thioether (sulfide) groups is 1. The normalized spacial score (nSPS) is 14.4. The van der Waals surface area contributed by atoms with Crippen LogP contribution in [0.15, 0.2) is 71.6 Å². The molecule has 4 rings (SSSR count). The molecule has 1 aliphatic heterocycles. The number of hydrogen-bond acceptors (Lipinski definition) is 6. The summed E-state index contributed by atoms with van der Waals surface area (Å²) in [7, 11) is 1.56. The van der Waals surface area contributed by atoms with Crippen LogP contribution in [0.2, 0.25) is 5.02 Å². The number of carbonyl (C=O) groups excluding carboxylic acids is 2. The Balaban J connectivity index is 1.46. The molecule has 0 unspecified atom stereocenters. The van der Waals surface area contributed by atoms with Gasteiger partial charge in [-0.3, -0.25) is 15.0 Å². The highest BCUT2D eigenvalue weighted by Gasteiger charge is 2.33. The smallest absolute Gasteiger partial charge is 0.285 e. The van der Waals surface area contributed by atoms with Gasteiger partial charge in [-0.25, -0.2) is 0 Å². The van der Waals surface area contributed by atoms with Gasteiger partial charge in [-0.1, -0.05) is 41.6 Å². The summed E-state index contributed by atoms with van der Waals surface area (Å²) in [6, 6.07) is 19.8. The van der Waals surface area contributed by atoms with E-state index < -0.39 is 11.8 Å². The number of nitrogens with one attached hydrogen (secondary N) is 1. The summed E-state index contributed by atoms with van der Waals surface area (Å²) in [6.07, 6.45) is 1.69. The molecule has 35 heavy (non-hydrogen) atoms. The van der Waals surface area contributed by atoms with Crippen LogP contribution in [-0.2, 0) is 11.4 Å². The van der Waals surface area contributed by atoms with Gasteiger partial charge in [-0.05, 0) is 101 Å². The van der Waals surface area contributed by atoms with E-state index in [1.54, 1.807) is 49.6 Å². The molecule has 3 aromatic rings. The van der Waals surface area contributed by atoms with Crippen molar-refractivity contribution in [2.24, 2.45) is 0 Å². The number of methoxy groups -OCH3 is 1. The van der Waals surface area contributed by atoms with Gasteiger partial charge in [0.05, 0.1) is 12.0 Å². The van der Waals surface area contributed by atoms with E-state index in [0.717, 1.165) is 31.5 Å². The third-order valence-electron chi connectivity index (χ3n) is 4.91. The molecule has 0 radical (unpaired) electrons. The zero-order valence-corrected chi connectivity index (χ0v) is 22.8. The minimum atomic E-state index is -0.462. The predicted octanol–water partition coefficient (Wildman–Crippen LogP) is 6.08. The summed E-state index contributed by atoms with van der Waals surface area (Å²) in [5.41, 5.74) is 4.68. The Morgan fingerprint density at radius 3 is 2.51 bits per heavy atom. The molecule has 1 heterocycles. The molecule has 1 fully saturated rings. The second-order valence-corrected chi connectivity index (χ2v) is 10.6. The van der Waals surface area contributed by atoms with Crippen molar-refractivity contribution < 1.29 is 19.1 Å². The fourth-order valence-electron chi connectivity index (χ4n) is 3.12. The number of carbonyl (C=O) groups is 2. The lowest BCUT2D eigenvalue weighted by Crippen LogP contribution is -2.44. The maximum Gasteiger partial charge on any atom is 0.285 e. The van der Waals surface area contributed by atoms with Gasteiger partial charge in [-0.2, -0.15) is 5.01 Å². The largest absolute Gasteiger partial charge is 0.493 e. The molecule has 0 bridgehead atoms. The van der Waals surface area contributed by atoms with Crippen molar-refractivity contribution >= 4 is 80.4 Å². The Labute approximate surface area is 230 Å². The summed E-state index contributed by atoms with van der Waals surface area (Å²) < 4.78 is 12.8. The average molecular weight is 637 g/mol. The van der Waals surface area contributed by atoms with Crippen molar-refractivity contribution in [2.75, 3.05) is 7.11 Å². The molecule has 178 valence electrons. The Morgan fingerprint density at radius 2 is 1.83 bits per heavy atom. The van der Waals surface area contributed by atoms with Crippen molar-refractivity contribution in [3.8, 4) is 11.5 Å². The highest BCUT2D eigenvalue weighted by atomic mass is 127. The van der Waals surface area contributed by atoms with Gasteiger partial charge in [-0.15, -0.1) is 0 Å². The van der Waals surface area contributed by atoms with Gasteiger partial charge in [0.25, 0.3) is 11.8 Å². The summed E-state index contributed by atoms with van der Waals surface area (Å²) in [5, 5.41) is 1.58. The quantitative estimate of drug-likeness (QED) is 0.193. The fraction of sp³-hybridized carbons (Fsp3) is 0.0800. The third-order valence-corrected chi connectivity index (χ3v) is 7.18. The Hall–Kier alpha value is -2.60. The molecule has 2 amide bonds. The molecule has 0 aliphatic carbocycles. The minimum Gasteiger partial charge on any atom is -0.493 e. The minimum absolute atomic E-state index is 0.230. The molecule has 3 aromatic carbocycles. The monoisotopic (exact) mass is 636 g/mol. The standard InChI is InChI=1S/C25H18ClIN2O4S2/c1-32-21-12-16(4-11-20(21)33-14-15-2-9-19(27)10-3-15)13-22-24(31)29(25(34)35-22)28-23(30)17-5-7-18(26)8-6-17/h2-13H,14H2,1H3,(H,28,30)/b22-13-. The molecule has 0 atom stereocenters. The van der Waals surface area contributed by atoms with Crippen LogP contribution in [0.3, 0.4) is 0 Å². The van der Waals surface area contributed by atoms with Crippen LogP contribution in [0.4, 0.5) is 0 Å². The number of amides is 2. The number of rotatable bonds is 7. The van der Waals surface area contributed by atoms with Crippen LogP contribution < -0.4 is 14.9 Å². The Kier molecular flexibility index (Phi) is 8.32. The number of nitrogens with zero attached hydrogens (tertiary/aromatic N) is 1. The van der Waals surface area contributed by atoms with Gasteiger partial charge in [0.2, 0.25) is 0 Å². The number of benzene rings is 3. The number of thiocarbonyl (C=S) groups is 1. The zero-order chi connectivity index (χ0) is 24.9. The van der Waals surface area contributed by atoms with Crippen molar-refractivity contribution in [2.45, 2.75) is 6.61 Å². The maximum absolute atomic E-state index is 12.9. The van der Waals surface area contributed by atoms with E-state index in [9.17, 15) is 9.59 Å². The summed E-state index contributed by atoms with van der Waals surface area (Å²) >= 11 is 14.5. The molecule has 10 heteroatoms. The third kappa shape index (κ3) is 6.35. The molecule has 1 N–H and O–H groups in total. The molecule has 6 nitrogen and oxygen atoms in total. The highest BCUT2D eigenvalue weighted by molar-refractivity contribution is 14.1. The maximum atomic E-state index is 12.9. The van der Waals surface area contributed by atoms with Gasteiger partial charge in [0, 0.05) is 14.2 Å². The Bertz CT molecular complexity index is 1310. The molecule has 0 saturated carbocycles. The first-order valence-corrected chi connectivity index (χ1v) is 12.9. The van der Waals surface area contributed by atoms with Crippen LogP contribution in [0.25, 0.3) is 6.08 Å². The van der Waals surface area contributed by atoms with E-state index in [1.165, 1.54) is 0 Å². The first-order valence-electron chi connectivity index (χ1n) is 10.2. The molecular weight excluding hydrogens is 619 g/mol. The number of ether oxygens (including phenoxy) is 2. The molecule has 0 spiro atoms. The van der Waals surface area contributed by atoms with Crippen LogP contribution in [0.5, 0.6) is 11.5 Å². The second-order valence-electron chi connectivity index (χ2n) is 7.29. The lowest BCUT2D eigenvalue weighted by atomic mass is 10.2. The molecule has 0 aromatic heterocycles. The zero-order valence-electron chi connectivity index (χ0n) is 18.3. The van der Waals surface area contributed by atoms with E-state index in [-0.39, 0.29) is 4.32 Å². The van der Waals surface area contributed by atoms with Gasteiger partial charge in [0.1, 0.15) is 6.61 Å². The predicted molar refractivity (Wildman–Crippen MR) is 150 cm³/mol. The first-order chi connectivity index (χ1) is 16.8. The SMILES string of the molecule is COc1cc(/C=C2\SC(=S)N(NC(=O)c3ccc(Cl)cc3)C2=O)ccc1OCc1ccc(I)cc1. The highest BCUT2D eigenvalue weighted by Crippen LogP contribution is 2.34. The lowest BCUT2D eigenvalue weighted by Gasteiger charge is -2.15. The Morgan fingerprint density at radius 1 is 1.11 bits per heavy atom. The second kappa shape index (κ2) is 11.4. The number of hydrogen-bond donors (Lipinski definition) is 1. The summed E-state index contributed by atoms with van der Waals surface area (Å²) in [6.45, 7) is 0.401. The van der Waals surface area contributed by atoms with E-state index in [2.05, 4.69) is 28.0 Å². The number of hydrazine groups is 1. The van der Waals surface area contributed by atoms with Gasteiger partial charge in [0.15, 0.2) is 15.8 Å². The van der Waals surface area contributed by atoms with E-state index in [0.29, 0.717) is 33.6 Å². The molecular formula is C25H18ClIN2O4S2. The van der Waals surface area contributed by atoms with E-state index in [4.69, 9.17) is 33.3 Å². The summed E-state index contributed by atoms with van der Waals surface area (Å²) in [5.74, 6) is 0.248. The fourth-order valence-corrected chi connectivity index (χ4v) is 4.78. The average Bonchev–Trinajstić information content (AvgIpc) is 3.11. The molecule has 1 aliphatic rings. The van der Waals surface area contributed by atoms with E-state index in [1.807, 2.05) is 30.3 Å². The van der Waals surface area contributed by atoms with Crippen molar-refractivity contribution in [3.63, 3.8) is 0 Å². The van der Waals surface area contributed by atoms with Crippen LogP contribution >= 0.6 is 58.2 Å². The van der Waals surface area contributed by atoms with Crippen molar-refractivity contribution in [1.29, 1.82) is 0 Å². The molecule has 1 saturated heterocycles. The van der Waals surface area contributed by atoms with Gasteiger partial charge < -0.3 is 9.47 Å². The first kappa shape index (κ1) is 25.5. The van der Waals surface area contributed by atoms with Gasteiger partial charge >= 0.3 is 0 Å². The van der Waals surface area contributed by atoms with Crippen molar-refractivity contribution in [1.82, 2.24) is 10.4 Å².